The molecule has 1 aromatic heterocycles. The van der Waals surface area contributed by atoms with Crippen LogP contribution in [0.4, 0.5) is 11.5 Å². The van der Waals surface area contributed by atoms with Gasteiger partial charge in [0.15, 0.2) is 5.96 Å². The molecule has 2 fully saturated rings. The first-order chi connectivity index (χ1) is 15.2. The lowest BCUT2D eigenvalue weighted by atomic mass is 10.2. The summed E-state index contributed by atoms with van der Waals surface area (Å²) in [6.45, 7) is 9.23. The monoisotopic (exact) mass is 421 g/mol. The highest BCUT2D eigenvalue weighted by Gasteiger charge is 2.20. The van der Waals surface area contributed by atoms with Crippen molar-refractivity contribution in [2.24, 2.45) is 4.99 Å². The molecule has 2 aromatic rings. The number of aliphatic imine (C=N–C) groups is 1. The van der Waals surface area contributed by atoms with Crippen LogP contribution < -0.4 is 20.4 Å². The lowest BCUT2D eigenvalue weighted by molar-refractivity contribution is -0.120. The van der Waals surface area contributed by atoms with Crippen molar-refractivity contribution in [3.8, 4) is 0 Å². The minimum atomic E-state index is 0.0818. The Labute approximate surface area is 184 Å². The van der Waals surface area contributed by atoms with Gasteiger partial charge in [-0.25, -0.2) is 9.98 Å². The zero-order valence-corrected chi connectivity index (χ0v) is 18.1. The zero-order valence-electron chi connectivity index (χ0n) is 18.1. The molecule has 0 spiro atoms. The molecule has 8 heteroatoms. The van der Waals surface area contributed by atoms with Gasteiger partial charge in [-0.15, -0.1) is 0 Å². The van der Waals surface area contributed by atoms with E-state index < -0.39 is 0 Å². The summed E-state index contributed by atoms with van der Waals surface area (Å²) in [6.07, 6.45) is 1.85. The van der Waals surface area contributed by atoms with Gasteiger partial charge in [0, 0.05) is 57.7 Å². The first-order valence-corrected chi connectivity index (χ1v) is 11.0. The van der Waals surface area contributed by atoms with Gasteiger partial charge in [-0.1, -0.05) is 18.2 Å². The molecule has 0 aliphatic carbocycles. The van der Waals surface area contributed by atoms with Crippen molar-refractivity contribution in [1.82, 2.24) is 20.5 Å². The van der Waals surface area contributed by atoms with Crippen LogP contribution in [-0.2, 0) is 11.3 Å². The normalized spacial score (nSPS) is 17.5. The number of hydrogen-bond acceptors (Lipinski definition) is 5. The van der Waals surface area contributed by atoms with Crippen molar-refractivity contribution in [2.75, 3.05) is 62.2 Å². The van der Waals surface area contributed by atoms with Crippen LogP contribution in [0.3, 0.4) is 0 Å². The fraction of sp³-hybridized carbons (Fsp3) is 0.435. The number of piperazine rings is 2. The van der Waals surface area contributed by atoms with Crippen LogP contribution in [0.2, 0.25) is 0 Å². The van der Waals surface area contributed by atoms with Gasteiger partial charge in [0.1, 0.15) is 5.82 Å². The van der Waals surface area contributed by atoms with Gasteiger partial charge in [-0.05, 0) is 36.8 Å². The maximum atomic E-state index is 11.6. The number of benzene rings is 1. The van der Waals surface area contributed by atoms with E-state index in [9.17, 15) is 4.79 Å². The quantitative estimate of drug-likeness (QED) is 0.560. The van der Waals surface area contributed by atoms with Crippen LogP contribution in [0, 0.1) is 0 Å². The molecule has 2 N–H and O–H groups in total. The predicted octanol–water partition coefficient (Wildman–Crippen LogP) is 1.31. The standard InChI is InChI=1S/C23H31N7O/c1-2-24-23(29-15-13-28(14-16-29)21-5-3-4-10-25-21)27-17-19-6-8-20(9-7-19)30-12-11-26-22(31)18-30/h3-10H,2,11-18H2,1H3,(H,24,27)(H,26,31). The van der Waals surface area contributed by atoms with Gasteiger partial charge in [0.25, 0.3) is 0 Å². The SMILES string of the molecule is CCNC(=NCc1ccc(N2CCNC(=O)C2)cc1)N1CCN(c2ccccn2)CC1. The number of hydrogen-bond donors (Lipinski definition) is 2. The average molecular weight is 422 g/mol. The predicted molar refractivity (Wildman–Crippen MR) is 125 cm³/mol. The van der Waals surface area contributed by atoms with Crippen molar-refractivity contribution >= 4 is 23.4 Å². The van der Waals surface area contributed by atoms with E-state index in [1.807, 2.05) is 18.3 Å². The fourth-order valence-corrected chi connectivity index (χ4v) is 3.95. The lowest BCUT2D eigenvalue weighted by Crippen LogP contribution is -2.52. The third-order valence-electron chi connectivity index (χ3n) is 5.64. The Kier molecular flexibility index (Phi) is 6.86. The largest absolute Gasteiger partial charge is 0.360 e. The summed E-state index contributed by atoms with van der Waals surface area (Å²) in [5.74, 6) is 2.08. The summed E-state index contributed by atoms with van der Waals surface area (Å²) in [5.41, 5.74) is 2.24. The van der Waals surface area contributed by atoms with Crippen molar-refractivity contribution in [1.29, 1.82) is 0 Å². The van der Waals surface area contributed by atoms with Gasteiger partial charge >= 0.3 is 0 Å². The molecule has 1 amide bonds. The second-order valence-electron chi connectivity index (χ2n) is 7.77. The van der Waals surface area contributed by atoms with E-state index >= 15 is 0 Å². The fourth-order valence-electron chi connectivity index (χ4n) is 3.95. The molecule has 8 nitrogen and oxygen atoms in total. The summed E-state index contributed by atoms with van der Waals surface area (Å²) in [4.78, 5) is 27.7. The molecular weight excluding hydrogens is 390 g/mol. The third-order valence-corrected chi connectivity index (χ3v) is 5.64. The Morgan fingerprint density at radius 2 is 1.87 bits per heavy atom. The average Bonchev–Trinajstić information content (AvgIpc) is 2.83. The van der Waals surface area contributed by atoms with Crippen LogP contribution in [0.15, 0.2) is 53.7 Å². The number of pyridine rings is 1. The molecule has 0 bridgehead atoms. The Morgan fingerprint density at radius 3 is 2.55 bits per heavy atom. The van der Waals surface area contributed by atoms with Crippen molar-refractivity contribution in [3.63, 3.8) is 0 Å². The van der Waals surface area contributed by atoms with Gasteiger partial charge < -0.3 is 25.3 Å². The summed E-state index contributed by atoms with van der Waals surface area (Å²) >= 11 is 0. The topological polar surface area (TPSA) is 76.1 Å². The number of amides is 1. The Hall–Kier alpha value is -3.29. The van der Waals surface area contributed by atoms with Crippen LogP contribution in [0.25, 0.3) is 0 Å². The number of anilines is 2. The highest BCUT2D eigenvalue weighted by atomic mass is 16.2. The molecular formula is C23H31N7O. The second kappa shape index (κ2) is 10.1. The molecule has 0 unspecified atom stereocenters. The summed E-state index contributed by atoms with van der Waals surface area (Å²) in [5, 5.41) is 6.30. The molecule has 0 radical (unpaired) electrons. The number of rotatable bonds is 5. The Morgan fingerprint density at radius 1 is 1.06 bits per heavy atom. The third kappa shape index (κ3) is 5.45. The first kappa shape index (κ1) is 21.0. The molecule has 2 saturated heterocycles. The smallest absolute Gasteiger partial charge is 0.239 e. The maximum absolute atomic E-state index is 11.6. The van der Waals surface area contributed by atoms with E-state index in [0.717, 1.165) is 62.3 Å². The molecule has 0 saturated carbocycles. The lowest BCUT2D eigenvalue weighted by Gasteiger charge is -2.37. The van der Waals surface area contributed by atoms with Gasteiger partial charge in [0.05, 0.1) is 13.1 Å². The molecule has 31 heavy (non-hydrogen) atoms. The minimum absolute atomic E-state index is 0.0818. The van der Waals surface area contributed by atoms with Crippen molar-refractivity contribution in [3.05, 3.63) is 54.2 Å². The van der Waals surface area contributed by atoms with Crippen LogP contribution in [0.5, 0.6) is 0 Å². The Bertz CT molecular complexity index is 877. The van der Waals surface area contributed by atoms with E-state index in [-0.39, 0.29) is 5.91 Å². The minimum Gasteiger partial charge on any atom is -0.360 e. The molecule has 2 aliphatic heterocycles. The zero-order chi connectivity index (χ0) is 21.5. The van der Waals surface area contributed by atoms with Crippen molar-refractivity contribution < 1.29 is 4.79 Å². The van der Waals surface area contributed by atoms with Gasteiger partial charge in [-0.2, -0.15) is 0 Å². The van der Waals surface area contributed by atoms with Gasteiger partial charge in [0.2, 0.25) is 5.91 Å². The van der Waals surface area contributed by atoms with E-state index in [1.54, 1.807) is 0 Å². The number of nitrogens with zero attached hydrogens (tertiary/aromatic N) is 5. The van der Waals surface area contributed by atoms with E-state index in [0.29, 0.717) is 19.6 Å². The summed E-state index contributed by atoms with van der Waals surface area (Å²) in [7, 11) is 0. The molecule has 2 aliphatic rings. The molecule has 164 valence electrons. The highest BCUT2D eigenvalue weighted by Crippen LogP contribution is 2.17. The number of aromatic nitrogens is 1. The number of carbonyl (C=O) groups is 1. The van der Waals surface area contributed by atoms with Crippen LogP contribution in [-0.4, -0.2) is 74.1 Å². The second-order valence-corrected chi connectivity index (χ2v) is 7.77. The van der Waals surface area contributed by atoms with Crippen LogP contribution in [0.1, 0.15) is 12.5 Å². The first-order valence-electron chi connectivity index (χ1n) is 11.0. The highest BCUT2D eigenvalue weighted by molar-refractivity contribution is 5.82. The van der Waals surface area contributed by atoms with Crippen molar-refractivity contribution in [2.45, 2.75) is 13.5 Å². The number of nitrogens with one attached hydrogen (secondary N) is 2. The van der Waals surface area contributed by atoms with Gasteiger partial charge in [-0.3, -0.25) is 4.79 Å². The van der Waals surface area contributed by atoms with E-state index in [4.69, 9.17) is 4.99 Å². The van der Waals surface area contributed by atoms with E-state index in [2.05, 4.69) is 67.6 Å². The summed E-state index contributed by atoms with van der Waals surface area (Å²) < 4.78 is 0. The summed E-state index contributed by atoms with van der Waals surface area (Å²) in [6, 6.07) is 14.4. The maximum Gasteiger partial charge on any atom is 0.239 e. The number of carbonyl (C=O) groups excluding carboxylic acids is 1. The molecule has 1 aromatic carbocycles. The molecule has 0 atom stereocenters. The number of guanidine groups is 1. The molecule has 3 heterocycles. The Balaban J connectivity index is 1.35. The van der Waals surface area contributed by atoms with E-state index in [1.165, 1.54) is 0 Å². The van der Waals surface area contributed by atoms with Crippen LogP contribution >= 0.6 is 0 Å². The molecule has 4 rings (SSSR count).